The highest BCUT2D eigenvalue weighted by atomic mass is 32.2. The molecule has 0 atom stereocenters. The summed E-state index contributed by atoms with van der Waals surface area (Å²) < 4.78 is 29.4. The van der Waals surface area contributed by atoms with Gasteiger partial charge in [0.25, 0.3) is 0 Å². The standard InChI is InChI=1S/C21H25N5O3S2/c1-13-24-12-19(30-13)20-21(22)25-11-18(26-20)17-10-16(31(23,27)28)5-4-15(17)3-2-14-6-8-29-9-7-14/h4-5,10-12,14H,2-3,6-9H2,1H3,(H2,22,25)(H2,23,27,28). The monoisotopic (exact) mass is 459 g/mol. The molecule has 1 aromatic carbocycles. The van der Waals surface area contributed by atoms with Crippen LogP contribution in [-0.4, -0.2) is 36.6 Å². The summed E-state index contributed by atoms with van der Waals surface area (Å²) in [6, 6.07) is 4.95. The van der Waals surface area contributed by atoms with Gasteiger partial charge in [0.1, 0.15) is 5.69 Å². The largest absolute Gasteiger partial charge is 0.382 e. The third-order valence-electron chi connectivity index (χ3n) is 5.50. The minimum atomic E-state index is -3.85. The lowest BCUT2D eigenvalue weighted by molar-refractivity contribution is 0.0640. The second kappa shape index (κ2) is 8.99. The Morgan fingerprint density at radius 1 is 1.19 bits per heavy atom. The minimum Gasteiger partial charge on any atom is -0.382 e. The first-order valence-corrected chi connectivity index (χ1v) is 12.5. The molecule has 3 heterocycles. The number of benzene rings is 1. The Balaban J connectivity index is 1.74. The second-order valence-electron chi connectivity index (χ2n) is 7.69. The van der Waals surface area contributed by atoms with Crippen molar-refractivity contribution >= 4 is 27.2 Å². The van der Waals surface area contributed by atoms with Crippen LogP contribution in [0, 0.1) is 12.8 Å². The van der Waals surface area contributed by atoms with E-state index in [4.69, 9.17) is 20.6 Å². The zero-order chi connectivity index (χ0) is 22.0. The predicted octanol–water partition coefficient (Wildman–Crippen LogP) is 3.16. The number of hydrogen-bond acceptors (Lipinski definition) is 8. The number of aryl methyl sites for hydroxylation is 2. The lowest BCUT2D eigenvalue weighted by Crippen LogP contribution is -2.16. The number of rotatable bonds is 6. The fourth-order valence-corrected chi connectivity index (χ4v) is 5.08. The number of nitrogen functional groups attached to an aromatic ring is 1. The molecule has 2 aromatic heterocycles. The highest BCUT2D eigenvalue weighted by Crippen LogP contribution is 2.33. The molecule has 3 aromatic rings. The van der Waals surface area contributed by atoms with Gasteiger partial charge in [0, 0.05) is 25.0 Å². The second-order valence-corrected chi connectivity index (χ2v) is 10.5. The Kier molecular flexibility index (Phi) is 6.33. The van der Waals surface area contributed by atoms with Crippen LogP contribution in [-0.2, 0) is 21.2 Å². The molecular formula is C21H25N5O3S2. The van der Waals surface area contributed by atoms with E-state index >= 15 is 0 Å². The molecule has 1 aliphatic heterocycles. The van der Waals surface area contributed by atoms with Gasteiger partial charge in [-0.25, -0.2) is 28.5 Å². The molecule has 164 valence electrons. The molecule has 1 aliphatic rings. The van der Waals surface area contributed by atoms with Crippen molar-refractivity contribution in [3.63, 3.8) is 0 Å². The van der Waals surface area contributed by atoms with Gasteiger partial charge >= 0.3 is 0 Å². The van der Waals surface area contributed by atoms with Gasteiger partial charge in [-0.3, -0.25) is 0 Å². The van der Waals surface area contributed by atoms with E-state index in [1.807, 2.05) is 13.0 Å². The number of nitrogens with two attached hydrogens (primary N) is 2. The number of primary sulfonamides is 1. The van der Waals surface area contributed by atoms with E-state index in [2.05, 4.69) is 9.97 Å². The summed E-state index contributed by atoms with van der Waals surface area (Å²) in [5.41, 5.74) is 8.89. The molecule has 1 fully saturated rings. The molecule has 10 heteroatoms. The number of nitrogens with zero attached hydrogens (tertiary/aromatic N) is 3. The van der Waals surface area contributed by atoms with E-state index in [-0.39, 0.29) is 4.90 Å². The van der Waals surface area contributed by atoms with Crippen LogP contribution in [0.3, 0.4) is 0 Å². The number of ether oxygens (including phenoxy) is 1. The van der Waals surface area contributed by atoms with Gasteiger partial charge in [-0.1, -0.05) is 6.07 Å². The number of hydrogen-bond donors (Lipinski definition) is 2. The van der Waals surface area contributed by atoms with Crippen LogP contribution in [0.25, 0.3) is 21.8 Å². The quantitative estimate of drug-likeness (QED) is 0.578. The van der Waals surface area contributed by atoms with Gasteiger partial charge in [0.05, 0.1) is 26.7 Å². The number of sulfonamides is 1. The molecule has 0 radical (unpaired) electrons. The van der Waals surface area contributed by atoms with Crippen LogP contribution in [0.2, 0.25) is 0 Å². The summed E-state index contributed by atoms with van der Waals surface area (Å²) in [7, 11) is -3.85. The van der Waals surface area contributed by atoms with Gasteiger partial charge in [0.15, 0.2) is 5.82 Å². The molecule has 4 N–H and O–H groups in total. The van der Waals surface area contributed by atoms with Crippen LogP contribution in [0.5, 0.6) is 0 Å². The number of thiazole rings is 1. The van der Waals surface area contributed by atoms with E-state index in [9.17, 15) is 8.42 Å². The van der Waals surface area contributed by atoms with Crippen molar-refractivity contribution in [2.75, 3.05) is 18.9 Å². The summed E-state index contributed by atoms with van der Waals surface area (Å²) >= 11 is 1.48. The molecule has 8 nitrogen and oxygen atoms in total. The van der Waals surface area contributed by atoms with Crippen molar-refractivity contribution in [2.45, 2.75) is 37.5 Å². The SMILES string of the molecule is Cc1ncc(-c2nc(-c3cc(S(N)(=O)=O)ccc3CCC3CCOCC3)cnc2N)s1. The van der Waals surface area contributed by atoms with Crippen molar-refractivity contribution in [3.05, 3.63) is 41.2 Å². The van der Waals surface area contributed by atoms with Crippen molar-refractivity contribution in [2.24, 2.45) is 11.1 Å². The van der Waals surface area contributed by atoms with Gasteiger partial charge in [0.2, 0.25) is 10.0 Å². The third-order valence-corrected chi connectivity index (χ3v) is 7.33. The predicted molar refractivity (Wildman–Crippen MR) is 121 cm³/mol. The van der Waals surface area contributed by atoms with Gasteiger partial charge < -0.3 is 10.5 Å². The van der Waals surface area contributed by atoms with Crippen molar-refractivity contribution < 1.29 is 13.2 Å². The zero-order valence-electron chi connectivity index (χ0n) is 17.2. The van der Waals surface area contributed by atoms with Crippen molar-refractivity contribution in [1.82, 2.24) is 15.0 Å². The molecule has 0 amide bonds. The average molecular weight is 460 g/mol. The average Bonchev–Trinajstić information content (AvgIpc) is 3.18. The first-order chi connectivity index (χ1) is 14.8. The van der Waals surface area contributed by atoms with Gasteiger partial charge in [-0.15, -0.1) is 11.3 Å². The summed E-state index contributed by atoms with van der Waals surface area (Å²) in [5.74, 6) is 0.895. The van der Waals surface area contributed by atoms with Crippen molar-refractivity contribution in [3.8, 4) is 21.8 Å². The van der Waals surface area contributed by atoms with Crippen LogP contribution >= 0.6 is 11.3 Å². The highest BCUT2D eigenvalue weighted by Gasteiger charge is 2.19. The summed E-state index contributed by atoms with van der Waals surface area (Å²) in [6.07, 6.45) is 7.17. The van der Waals surface area contributed by atoms with Crippen LogP contribution in [0.1, 0.15) is 29.8 Å². The molecule has 0 aliphatic carbocycles. The van der Waals surface area contributed by atoms with Gasteiger partial charge in [-0.05, 0) is 56.2 Å². The van der Waals surface area contributed by atoms with Gasteiger partial charge in [-0.2, -0.15) is 0 Å². The number of anilines is 1. The summed E-state index contributed by atoms with van der Waals surface area (Å²) in [5, 5.41) is 6.29. The normalized spacial score (nSPS) is 15.3. The molecule has 4 rings (SSSR count). The Hall–Kier alpha value is -2.40. The van der Waals surface area contributed by atoms with Crippen LogP contribution in [0.15, 0.2) is 35.5 Å². The van der Waals surface area contributed by atoms with E-state index in [1.165, 1.54) is 11.3 Å². The summed E-state index contributed by atoms with van der Waals surface area (Å²) in [6.45, 7) is 3.50. The van der Waals surface area contributed by atoms with Crippen LogP contribution in [0.4, 0.5) is 5.82 Å². The zero-order valence-corrected chi connectivity index (χ0v) is 18.9. The smallest absolute Gasteiger partial charge is 0.238 e. The van der Waals surface area contributed by atoms with E-state index in [0.29, 0.717) is 28.7 Å². The van der Waals surface area contributed by atoms with E-state index in [0.717, 1.165) is 54.3 Å². The molecule has 31 heavy (non-hydrogen) atoms. The van der Waals surface area contributed by atoms with Crippen molar-refractivity contribution in [1.29, 1.82) is 0 Å². The molecule has 1 saturated heterocycles. The Bertz CT molecular complexity index is 1190. The molecule has 0 bridgehead atoms. The maximum atomic E-state index is 12.0. The maximum absolute atomic E-state index is 12.0. The van der Waals surface area contributed by atoms with E-state index in [1.54, 1.807) is 24.5 Å². The first kappa shape index (κ1) is 21.8. The Labute approximate surface area is 185 Å². The molecule has 0 unspecified atom stereocenters. The number of aromatic nitrogens is 3. The van der Waals surface area contributed by atoms with Crippen LogP contribution < -0.4 is 10.9 Å². The molecule has 0 saturated carbocycles. The topological polar surface area (TPSA) is 134 Å². The lowest BCUT2D eigenvalue weighted by atomic mass is 9.91. The highest BCUT2D eigenvalue weighted by molar-refractivity contribution is 7.89. The first-order valence-electron chi connectivity index (χ1n) is 10.1. The molecule has 0 spiro atoms. The van der Waals surface area contributed by atoms with E-state index < -0.39 is 10.0 Å². The summed E-state index contributed by atoms with van der Waals surface area (Å²) in [4.78, 5) is 14.2. The third kappa shape index (κ3) is 5.09. The minimum absolute atomic E-state index is 0.0473. The fourth-order valence-electron chi connectivity index (χ4n) is 3.76. The molecular weight excluding hydrogens is 434 g/mol. The fraction of sp³-hybridized carbons (Fsp3) is 0.381. The Morgan fingerprint density at radius 3 is 2.65 bits per heavy atom. The Morgan fingerprint density at radius 2 is 1.97 bits per heavy atom. The maximum Gasteiger partial charge on any atom is 0.238 e. The lowest BCUT2D eigenvalue weighted by Gasteiger charge is -2.22.